The van der Waals surface area contributed by atoms with Crippen LogP contribution >= 0.6 is 15.9 Å². The summed E-state index contributed by atoms with van der Waals surface area (Å²) in [7, 11) is -3.50. The number of hydrogen-bond acceptors (Lipinski definition) is 4. The molecule has 0 bridgehead atoms. The standard InChI is InChI=1S/C14H23BrN2O3S/c1-9(2)16-7-12-6-13(14(15)20-12)21(18,19)17-8-10(3)5-11(17)4/h6,9-11,16H,5,7-8H2,1-4H3. The summed E-state index contributed by atoms with van der Waals surface area (Å²) >= 11 is 3.24. The van der Waals surface area contributed by atoms with Gasteiger partial charge in [0.1, 0.15) is 10.7 Å². The number of furan rings is 1. The van der Waals surface area contributed by atoms with Crippen LogP contribution in [-0.2, 0) is 16.6 Å². The van der Waals surface area contributed by atoms with E-state index in [-0.39, 0.29) is 15.6 Å². The normalized spacial score (nSPS) is 24.1. The Balaban J connectivity index is 2.24. The molecule has 2 heterocycles. The van der Waals surface area contributed by atoms with Crippen molar-refractivity contribution in [2.45, 2.75) is 57.6 Å². The minimum atomic E-state index is -3.50. The van der Waals surface area contributed by atoms with Crippen LogP contribution < -0.4 is 5.32 Å². The first-order chi connectivity index (χ1) is 9.71. The van der Waals surface area contributed by atoms with Crippen molar-refractivity contribution in [3.05, 3.63) is 16.5 Å². The lowest BCUT2D eigenvalue weighted by molar-refractivity contribution is 0.403. The summed E-state index contributed by atoms with van der Waals surface area (Å²) in [6.07, 6.45) is 0.899. The van der Waals surface area contributed by atoms with Gasteiger partial charge in [-0.15, -0.1) is 0 Å². The fourth-order valence-electron chi connectivity index (χ4n) is 2.69. The Morgan fingerprint density at radius 3 is 2.67 bits per heavy atom. The van der Waals surface area contributed by atoms with Crippen molar-refractivity contribution in [3.8, 4) is 0 Å². The van der Waals surface area contributed by atoms with Crippen LogP contribution in [0.4, 0.5) is 0 Å². The number of hydrogen-bond donors (Lipinski definition) is 1. The molecule has 21 heavy (non-hydrogen) atoms. The average Bonchev–Trinajstić information content (AvgIpc) is 2.90. The molecule has 1 aliphatic rings. The number of halogens is 1. The van der Waals surface area contributed by atoms with Gasteiger partial charge in [-0.25, -0.2) is 8.42 Å². The quantitative estimate of drug-likeness (QED) is 0.855. The van der Waals surface area contributed by atoms with Gasteiger partial charge in [-0.2, -0.15) is 4.31 Å². The van der Waals surface area contributed by atoms with E-state index in [4.69, 9.17) is 4.42 Å². The molecule has 7 heteroatoms. The molecule has 0 saturated carbocycles. The summed E-state index contributed by atoms with van der Waals surface area (Å²) in [6, 6.07) is 1.96. The SMILES string of the molecule is CC1CC(C)N(S(=O)(=O)c2cc(CNC(C)C)oc2Br)C1. The van der Waals surface area contributed by atoms with Crippen molar-refractivity contribution >= 4 is 26.0 Å². The molecule has 2 unspecified atom stereocenters. The molecule has 0 aliphatic carbocycles. The van der Waals surface area contributed by atoms with Crippen molar-refractivity contribution in [2.75, 3.05) is 6.54 Å². The van der Waals surface area contributed by atoms with Crippen molar-refractivity contribution in [1.82, 2.24) is 9.62 Å². The molecule has 2 atom stereocenters. The maximum Gasteiger partial charge on any atom is 0.247 e. The molecule has 1 aliphatic heterocycles. The maximum atomic E-state index is 12.8. The van der Waals surface area contributed by atoms with Gasteiger partial charge in [0.05, 0.1) is 6.54 Å². The van der Waals surface area contributed by atoms with Gasteiger partial charge in [0.25, 0.3) is 0 Å². The van der Waals surface area contributed by atoms with E-state index in [1.807, 2.05) is 20.8 Å². The van der Waals surface area contributed by atoms with Crippen molar-refractivity contribution < 1.29 is 12.8 Å². The molecule has 2 rings (SSSR count). The molecule has 0 radical (unpaired) electrons. The predicted octanol–water partition coefficient (Wildman–Crippen LogP) is 2.96. The van der Waals surface area contributed by atoms with Crippen LogP contribution in [0, 0.1) is 5.92 Å². The Bertz CT molecular complexity index is 597. The third kappa shape index (κ3) is 3.70. The van der Waals surface area contributed by atoms with Crippen LogP contribution in [-0.4, -0.2) is 31.4 Å². The molecule has 5 nitrogen and oxygen atoms in total. The third-order valence-electron chi connectivity index (χ3n) is 3.70. The fourth-order valence-corrected chi connectivity index (χ4v) is 5.41. The number of nitrogens with zero attached hydrogens (tertiary/aromatic N) is 1. The Morgan fingerprint density at radius 1 is 1.48 bits per heavy atom. The molecule has 0 amide bonds. The maximum absolute atomic E-state index is 12.8. The van der Waals surface area contributed by atoms with Gasteiger partial charge in [-0.1, -0.05) is 20.8 Å². The summed E-state index contributed by atoms with van der Waals surface area (Å²) in [6.45, 7) is 9.18. The van der Waals surface area contributed by atoms with Gasteiger partial charge in [-0.3, -0.25) is 0 Å². The Labute approximate surface area is 135 Å². The van der Waals surface area contributed by atoms with E-state index < -0.39 is 10.0 Å². The van der Waals surface area contributed by atoms with Crippen LogP contribution in [0.1, 0.15) is 39.9 Å². The van der Waals surface area contributed by atoms with E-state index in [1.54, 1.807) is 10.4 Å². The monoisotopic (exact) mass is 378 g/mol. The molecule has 0 spiro atoms. The van der Waals surface area contributed by atoms with E-state index in [0.29, 0.717) is 30.8 Å². The van der Waals surface area contributed by atoms with E-state index in [9.17, 15) is 8.42 Å². The second-order valence-electron chi connectivity index (χ2n) is 6.15. The molecular formula is C14H23BrN2O3S. The minimum Gasteiger partial charge on any atom is -0.452 e. The Kier molecular flexibility index (Phi) is 5.18. The fraction of sp³-hybridized carbons (Fsp3) is 0.714. The van der Waals surface area contributed by atoms with Crippen molar-refractivity contribution in [2.24, 2.45) is 5.92 Å². The second-order valence-corrected chi connectivity index (χ2v) is 8.73. The highest BCUT2D eigenvalue weighted by Gasteiger charge is 2.38. The third-order valence-corrected chi connectivity index (χ3v) is 6.54. The predicted molar refractivity (Wildman–Crippen MR) is 85.5 cm³/mol. The lowest BCUT2D eigenvalue weighted by Gasteiger charge is -2.20. The molecule has 1 fully saturated rings. The first kappa shape index (κ1) is 17.0. The van der Waals surface area contributed by atoms with Gasteiger partial charge < -0.3 is 9.73 Å². The smallest absolute Gasteiger partial charge is 0.247 e. The zero-order valence-corrected chi connectivity index (χ0v) is 15.3. The first-order valence-electron chi connectivity index (χ1n) is 7.25. The number of rotatable bonds is 5. The van der Waals surface area contributed by atoms with Gasteiger partial charge in [0.2, 0.25) is 10.0 Å². The Morgan fingerprint density at radius 2 is 2.14 bits per heavy atom. The summed E-state index contributed by atoms with van der Waals surface area (Å²) in [5, 5.41) is 3.22. The number of nitrogens with one attached hydrogen (secondary N) is 1. The molecule has 1 aromatic heterocycles. The topological polar surface area (TPSA) is 62.6 Å². The van der Waals surface area contributed by atoms with E-state index in [1.165, 1.54) is 0 Å². The van der Waals surface area contributed by atoms with Gasteiger partial charge >= 0.3 is 0 Å². The van der Waals surface area contributed by atoms with E-state index in [2.05, 4.69) is 28.2 Å². The minimum absolute atomic E-state index is 0.0315. The van der Waals surface area contributed by atoms with E-state index in [0.717, 1.165) is 6.42 Å². The van der Waals surface area contributed by atoms with Crippen LogP contribution in [0.3, 0.4) is 0 Å². The summed E-state index contributed by atoms with van der Waals surface area (Å²) < 4.78 is 32.9. The largest absolute Gasteiger partial charge is 0.452 e. The second kappa shape index (κ2) is 6.40. The summed E-state index contributed by atoms with van der Waals surface area (Å²) in [5.74, 6) is 1.01. The molecular weight excluding hydrogens is 356 g/mol. The van der Waals surface area contributed by atoms with Gasteiger partial charge in [0, 0.05) is 24.7 Å². The Hall–Kier alpha value is -0.370. The zero-order chi connectivity index (χ0) is 15.8. The zero-order valence-electron chi connectivity index (χ0n) is 12.9. The van der Waals surface area contributed by atoms with Crippen molar-refractivity contribution in [1.29, 1.82) is 0 Å². The molecule has 0 aromatic carbocycles. The van der Waals surface area contributed by atoms with Crippen LogP contribution in [0.2, 0.25) is 0 Å². The lowest BCUT2D eigenvalue weighted by atomic mass is 10.1. The van der Waals surface area contributed by atoms with E-state index >= 15 is 0 Å². The summed E-state index contributed by atoms with van der Waals surface area (Å²) in [5.41, 5.74) is 0. The van der Waals surface area contributed by atoms with Crippen LogP contribution in [0.25, 0.3) is 0 Å². The van der Waals surface area contributed by atoms with Gasteiger partial charge in [0.15, 0.2) is 4.67 Å². The lowest BCUT2D eigenvalue weighted by Crippen LogP contribution is -2.34. The molecule has 1 aromatic rings. The first-order valence-corrected chi connectivity index (χ1v) is 9.48. The van der Waals surface area contributed by atoms with Crippen LogP contribution in [0.15, 0.2) is 20.0 Å². The van der Waals surface area contributed by atoms with Crippen LogP contribution in [0.5, 0.6) is 0 Å². The summed E-state index contributed by atoms with van der Waals surface area (Å²) in [4.78, 5) is 0.226. The van der Waals surface area contributed by atoms with Crippen molar-refractivity contribution in [3.63, 3.8) is 0 Å². The molecule has 1 saturated heterocycles. The molecule has 1 N–H and O–H groups in total. The van der Waals surface area contributed by atoms with Gasteiger partial charge in [-0.05, 0) is 35.2 Å². The number of sulfonamides is 1. The highest BCUT2D eigenvalue weighted by Crippen LogP contribution is 2.34. The average molecular weight is 379 g/mol. The molecule has 120 valence electrons. The highest BCUT2D eigenvalue weighted by molar-refractivity contribution is 9.10. The highest BCUT2D eigenvalue weighted by atomic mass is 79.9.